The largest absolute Gasteiger partial charge is 0.396 e. The molecule has 0 radical (unpaired) electrons. The molecular weight excluding hydrogens is 496 g/mol. The number of aliphatic imine (C=N–C) groups is 1. The van der Waals surface area contributed by atoms with Gasteiger partial charge < -0.3 is 20.6 Å². The number of nitrogens with zero attached hydrogens (tertiary/aromatic N) is 3. The number of halogens is 2. The summed E-state index contributed by atoms with van der Waals surface area (Å²) in [6.45, 7) is 11.8. The number of guanidine groups is 1. The van der Waals surface area contributed by atoms with Crippen molar-refractivity contribution in [3.05, 3.63) is 30.1 Å². The van der Waals surface area contributed by atoms with Gasteiger partial charge in [0.2, 0.25) is 0 Å². The first-order valence-corrected chi connectivity index (χ1v) is 11.0. The molecule has 30 heavy (non-hydrogen) atoms. The van der Waals surface area contributed by atoms with Crippen molar-refractivity contribution >= 4 is 35.6 Å². The summed E-state index contributed by atoms with van der Waals surface area (Å²) < 4.78 is 13.1. The van der Waals surface area contributed by atoms with Gasteiger partial charge in [0, 0.05) is 64.7 Å². The highest BCUT2D eigenvalue weighted by Crippen LogP contribution is 2.16. The molecule has 0 aliphatic carbocycles. The number of hydrogen-bond acceptors (Lipinski definition) is 4. The van der Waals surface area contributed by atoms with Crippen molar-refractivity contribution in [2.24, 2.45) is 10.9 Å². The zero-order chi connectivity index (χ0) is 20.9. The standard InChI is InChI=1S/C22H38FN5O.HI/c1-3-5-19(10-17-29)18-26-22(24-4-2)25-11-12-27-13-15-28(16-14-27)21-8-6-20(23)7-9-21;/h6-9,19,29H,3-5,10-18H2,1-2H3,(H2,24,25,26);1H. The van der Waals surface area contributed by atoms with E-state index in [9.17, 15) is 9.50 Å². The molecule has 0 aromatic heterocycles. The van der Waals surface area contributed by atoms with Crippen LogP contribution in [0.25, 0.3) is 0 Å². The molecular formula is C22H39FIN5O. The molecule has 1 aromatic carbocycles. The Labute approximate surface area is 198 Å². The van der Waals surface area contributed by atoms with Gasteiger partial charge in [-0.25, -0.2) is 4.39 Å². The molecule has 2 rings (SSSR count). The lowest BCUT2D eigenvalue weighted by Crippen LogP contribution is -2.49. The normalized spacial score (nSPS) is 16.1. The molecule has 0 bridgehead atoms. The lowest BCUT2D eigenvalue weighted by molar-refractivity contribution is 0.253. The van der Waals surface area contributed by atoms with Crippen molar-refractivity contribution in [2.45, 2.75) is 33.1 Å². The van der Waals surface area contributed by atoms with Crippen LogP contribution in [0.5, 0.6) is 0 Å². The third-order valence-electron chi connectivity index (χ3n) is 5.37. The van der Waals surface area contributed by atoms with E-state index in [2.05, 4.69) is 34.3 Å². The lowest BCUT2D eigenvalue weighted by Gasteiger charge is -2.36. The topological polar surface area (TPSA) is 63.1 Å². The average molecular weight is 535 g/mol. The second-order valence-electron chi connectivity index (χ2n) is 7.62. The minimum absolute atomic E-state index is 0. The zero-order valence-electron chi connectivity index (χ0n) is 18.4. The van der Waals surface area contributed by atoms with E-state index < -0.39 is 0 Å². The maximum absolute atomic E-state index is 13.1. The SMILES string of the molecule is CCCC(CCO)CN=C(NCC)NCCN1CCN(c2ccc(F)cc2)CC1.I. The van der Waals surface area contributed by atoms with Gasteiger partial charge in [-0.2, -0.15) is 0 Å². The molecule has 3 N–H and O–H groups in total. The number of nitrogens with one attached hydrogen (secondary N) is 2. The Morgan fingerprint density at radius 2 is 1.80 bits per heavy atom. The summed E-state index contributed by atoms with van der Waals surface area (Å²) >= 11 is 0. The number of aliphatic hydroxyl groups excluding tert-OH is 1. The van der Waals surface area contributed by atoms with Gasteiger partial charge in [-0.3, -0.25) is 9.89 Å². The third-order valence-corrected chi connectivity index (χ3v) is 5.37. The molecule has 1 fully saturated rings. The molecule has 8 heteroatoms. The number of piperazine rings is 1. The molecule has 0 saturated carbocycles. The molecule has 1 aliphatic rings. The van der Waals surface area contributed by atoms with Crippen molar-refractivity contribution in [1.29, 1.82) is 0 Å². The van der Waals surface area contributed by atoms with Crippen molar-refractivity contribution in [3.8, 4) is 0 Å². The molecule has 6 nitrogen and oxygen atoms in total. The van der Waals surface area contributed by atoms with Crippen LogP contribution in [0.2, 0.25) is 0 Å². The Hall–Kier alpha value is -1.13. The summed E-state index contributed by atoms with van der Waals surface area (Å²) in [7, 11) is 0. The van der Waals surface area contributed by atoms with Crippen LogP contribution in [0, 0.1) is 11.7 Å². The van der Waals surface area contributed by atoms with E-state index in [1.165, 1.54) is 12.1 Å². The van der Waals surface area contributed by atoms with Crippen LogP contribution < -0.4 is 15.5 Å². The van der Waals surface area contributed by atoms with Crippen LogP contribution in [-0.2, 0) is 0 Å². The number of rotatable bonds is 11. The van der Waals surface area contributed by atoms with Gasteiger partial charge in [0.1, 0.15) is 5.82 Å². The molecule has 0 amide bonds. The van der Waals surface area contributed by atoms with Gasteiger partial charge in [0.25, 0.3) is 0 Å². The van der Waals surface area contributed by atoms with Crippen LogP contribution in [0.15, 0.2) is 29.3 Å². The van der Waals surface area contributed by atoms with E-state index in [-0.39, 0.29) is 36.4 Å². The summed E-state index contributed by atoms with van der Waals surface area (Å²) in [6.07, 6.45) is 3.03. The van der Waals surface area contributed by atoms with E-state index in [0.717, 1.165) is 83.3 Å². The Bertz CT molecular complexity index is 588. The van der Waals surface area contributed by atoms with Gasteiger partial charge in [0.15, 0.2) is 5.96 Å². The summed E-state index contributed by atoms with van der Waals surface area (Å²) in [5.41, 5.74) is 1.09. The van der Waals surface area contributed by atoms with Crippen molar-refractivity contribution in [1.82, 2.24) is 15.5 Å². The quantitative estimate of drug-likeness (QED) is 0.231. The Kier molecular flexibility index (Phi) is 14.0. The highest BCUT2D eigenvalue weighted by atomic mass is 127. The minimum atomic E-state index is -0.186. The molecule has 1 unspecified atom stereocenters. The van der Waals surface area contributed by atoms with E-state index in [1.54, 1.807) is 0 Å². The van der Waals surface area contributed by atoms with Gasteiger partial charge >= 0.3 is 0 Å². The van der Waals surface area contributed by atoms with E-state index in [4.69, 9.17) is 4.99 Å². The monoisotopic (exact) mass is 535 g/mol. The smallest absolute Gasteiger partial charge is 0.191 e. The molecule has 1 atom stereocenters. The predicted molar refractivity (Wildman–Crippen MR) is 135 cm³/mol. The zero-order valence-corrected chi connectivity index (χ0v) is 20.8. The third kappa shape index (κ3) is 9.78. The molecule has 172 valence electrons. The maximum Gasteiger partial charge on any atom is 0.191 e. The van der Waals surface area contributed by atoms with E-state index >= 15 is 0 Å². The molecule has 1 aliphatic heterocycles. The van der Waals surface area contributed by atoms with Crippen molar-refractivity contribution in [3.63, 3.8) is 0 Å². The Balaban J connectivity index is 0.00000450. The molecule has 1 aromatic rings. The second kappa shape index (κ2) is 15.6. The van der Waals surface area contributed by atoms with Gasteiger partial charge in [-0.15, -0.1) is 24.0 Å². The first-order valence-electron chi connectivity index (χ1n) is 11.0. The summed E-state index contributed by atoms with van der Waals surface area (Å²) in [4.78, 5) is 9.47. The van der Waals surface area contributed by atoms with E-state index in [1.807, 2.05) is 12.1 Å². The van der Waals surface area contributed by atoms with Gasteiger partial charge in [-0.05, 0) is 49.9 Å². The summed E-state index contributed by atoms with van der Waals surface area (Å²) in [5.74, 6) is 1.12. The van der Waals surface area contributed by atoms with Crippen LogP contribution in [0.3, 0.4) is 0 Å². The van der Waals surface area contributed by atoms with E-state index in [0.29, 0.717) is 5.92 Å². The molecule has 0 spiro atoms. The number of aliphatic hydroxyl groups is 1. The average Bonchev–Trinajstić information content (AvgIpc) is 2.73. The van der Waals surface area contributed by atoms with Crippen LogP contribution >= 0.6 is 24.0 Å². The Morgan fingerprint density at radius 1 is 1.10 bits per heavy atom. The fourth-order valence-corrected chi connectivity index (χ4v) is 3.69. The molecule has 1 saturated heterocycles. The van der Waals surface area contributed by atoms with Gasteiger partial charge in [0.05, 0.1) is 0 Å². The van der Waals surface area contributed by atoms with Crippen LogP contribution in [0.1, 0.15) is 33.1 Å². The number of anilines is 1. The number of benzene rings is 1. The van der Waals surface area contributed by atoms with Crippen molar-refractivity contribution < 1.29 is 9.50 Å². The maximum atomic E-state index is 13.1. The fraction of sp³-hybridized carbons (Fsp3) is 0.682. The lowest BCUT2D eigenvalue weighted by atomic mass is 10.0. The van der Waals surface area contributed by atoms with Crippen LogP contribution in [0.4, 0.5) is 10.1 Å². The predicted octanol–water partition coefficient (Wildman–Crippen LogP) is 2.92. The highest BCUT2D eigenvalue weighted by Gasteiger charge is 2.17. The summed E-state index contributed by atoms with van der Waals surface area (Å²) in [6, 6.07) is 6.76. The second-order valence-corrected chi connectivity index (χ2v) is 7.62. The fourth-order valence-electron chi connectivity index (χ4n) is 3.69. The molecule has 1 heterocycles. The summed E-state index contributed by atoms with van der Waals surface area (Å²) in [5, 5.41) is 16.0. The minimum Gasteiger partial charge on any atom is -0.396 e. The van der Waals surface area contributed by atoms with Crippen molar-refractivity contribution in [2.75, 3.05) is 63.9 Å². The Morgan fingerprint density at radius 3 is 2.40 bits per heavy atom. The first-order chi connectivity index (χ1) is 14.2. The van der Waals surface area contributed by atoms with Gasteiger partial charge in [-0.1, -0.05) is 13.3 Å². The first kappa shape index (κ1) is 26.9. The van der Waals surface area contributed by atoms with Crippen LogP contribution in [-0.4, -0.2) is 74.9 Å². The highest BCUT2D eigenvalue weighted by molar-refractivity contribution is 14.0. The number of hydrogen-bond donors (Lipinski definition) is 3.